The molecule has 0 saturated carbocycles. The van der Waals surface area contributed by atoms with Crippen molar-refractivity contribution in [1.82, 2.24) is 30.8 Å². The molecule has 0 aliphatic carbocycles. The number of nitrogens with zero attached hydrogens (tertiary/aromatic N) is 3. The van der Waals surface area contributed by atoms with E-state index < -0.39 is 0 Å². The standard InChI is InChI=1S/C20H25N7.4ClH/c1-2-4-17(5-3-1)24-18(14-23-16-8-12-22-13-9-16)20-25-19(26-27-20)15-6-10-21-11-7-15;;;;/h1-7,10-11,16,18,22-24H,8-9,12-14H2,(H,25,26,27);4*1H. The lowest BCUT2D eigenvalue weighted by molar-refractivity contribution is 0.380. The maximum absolute atomic E-state index is 4.73. The third kappa shape index (κ3) is 8.44. The van der Waals surface area contributed by atoms with E-state index in [2.05, 4.69) is 43.3 Å². The molecule has 4 rings (SSSR count). The summed E-state index contributed by atoms with van der Waals surface area (Å²) in [7, 11) is 0. The molecule has 1 unspecified atom stereocenters. The van der Waals surface area contributed by atoms with E-state index in [0.29, 0.717) is 11.9 Å². The molecule has 0 bridgehead atoms. The zero-order valence-electron chi connectivity index (χ0n) is 16.9. The number of hydrogen-bond acceptors (Lipinski definition) is 6. The van der Waals surface area contributed by atoms with Gasteiger partial charge in [0.2, 0.25) is 0 Å². The van der Waals surface area contributed by atoms with E-state index in [0.717, 1.165) is 49.6 Å². The van der Waals surface area contributed by atoms with Crippen LogP contribution in [-0.4, -0.2) is 45.8 Å². The van der Waals surface area contributed by atoms with Crippen LogP contribution in [0.4, 0.5) is 5.69 Å². The Hall–Kier alpha value is -1.61. The number of aromatic nitrogens is 4. The smallest absolute Gasteiger partial charge is 0.181 e. The lowest BCUT2D eigenvalue weighted by Gasteiger charge is -2.26. The second-order valence-electron chi connectivity index (χ2n) is 6.78. The molecule has 0 radical (unpaired) electrons. The first-order chi connectivity index (χ1) is 13.4. The van der Waals surface area contributed by atoms with Crippen LogP contribution in [0.1, 0.15) is 24.7 Å². The first-order valence-electron chi connectivity index (χ1n) is 9.47. The first kappa shape index (κ1) is 29.4. The van der Waals surface area contributed by atoms with Crippen molar-refractivity contribution in [2.45, 2.75) is 24.9 Å². The van der Waals surface area contributed by atoms with E-state index in [1.54, 1.807) is 12.4 Å². The topological polar surface area (TPSA) is 90.5 Å². The van der Waals surface area contributed by atoms with Crippen LogP contribution in [-0.2, 0) is 0 Å². The van der Waals surface area contributed by atoms with Gasteiger partial charge >= 0.3 is 0 Å². The highest BCUT2D eigenvalue weighted by Gasteiger charge is 2.20. The Kier molecular flexibility index (Phi) is 14.4. The largest absolute Gasteiger partial charge is 0.374 e. The number of halogens is 4. The van der Waals surface area contributed by atoms with Gasteiger partial charge in [-0.3, -0.25) is 10.1 Å². The summed E-state index contributed by atoms with van der Waals surface area (Å²) in [6.45, 7) is 2.93. The quantitative estimate of drug-likeness (QED) is 0.385. The monoisotopic (exact) mass is 507 g/mol. The Labute approximate surface area is 207 Å². The minimum absolute atomic E-state index is 0. The molecule has 2 aromatic heterocycles. The number of pyridine rings is 1. The summed E-state index contributed by atoms with van der Waals surface area (Å²) in [6.07, 6.45) is 5.81. The zero-order chi connectivity index (χ0) is 18.3. The molecule has 1 saturated heterocycles. The van der Waals surface area contributed by atoms with Crippen molar-refractivity contribution in [2.75, 3.05) is 25.0 Å². The number of piperidine rings is 1. The maximum Gasteiger partial charge on any atom is 0.181 e. The highest BCUT2D eigenvalue weighted by Crippen LogP contribution is 2.20. The molecular formula is C20H29Cl4N7. The summed E-state index contributed by atoms with van der Waals surface area (Å²) in [4.78, 5) is 8.79. The van der Waals surface area contributed by atoms with Crippen LogP contribution in [0.25, 0.3) is 11.4 Å². The van der Waals surface area contributed by atoms with Crippen molar-refractivity contribution in [2.24, 2.45) is 0 Å². The van der Waals surface area contributed by atoms with E-state index in [1.807, 2.05) is 30.3 Å². The summed E-state index contributed by atoms with van der Waals surface area (Å²) >= 11 is 0. The van der Waals surface area contributed by atoms with Crippen molar-refractivity contribution in [1.29, 1.82) is 0 Å². The molecular weight excluding hydrogens is 480 g/mol. The Bertz CT molecular complexity index is 830. The normalized spacial score (nSPS) is 14.1. The molecule has 3 aromatic rings. The fourth-order valence-corrected chi connectivity index (χ4v) is 3.32. The summed E-state index contributed by atoms with van der Waals surface area (Å²) < 4.78 is 0. The molecule has 1 aliphatic rings. The Balaban J connectivity index is 0.00000225. The molecule has 11 heteroatoms. The molecule has 7 nitrogen and oxygen atoms in total. The fourth-order valence-electron chi connectivity index (χ4n) is 3.32. The van der Waals surface area contributed by atoms with E-state index in [-0.39, 0.29) is 55.7 Å². The summed E-state index contributed by atoms with van der Waals surface area (Å²) in [5.41, 5.74) is 2.02. The highest BCUT2D eigenvalue weighted by atomic mass is 35.5. The van der Waals surface area contributed by atoms with Crippen LogP contribution in [0.15, 0.2) is 54.9 Å². The molecule has 1 atom stereocenters. The number of H-pyrrole nitrogens is 1. The lowest BCUT2D eigenvalue weighted by Crippen LogP contribution is -2.42. The average Bonchev–Trinajstić information content (AvgIpc) is 3.23. The third-order valence-corrected chi connectivity index (χ3v) is 4.84. The average molecular weight is 509 g/mol. The number of nitrogens with one attached hydrogen (secondary N) is 4. The summed E-state index contributed by atoms with van der Waals surface area (Å²) in [5.74, 6) is 1.52. The van der Waals surface area contributed by atoms with Crippen molar-refractivity contribution < 1.29 is 0 Å². The predicted octanol–water partition coefficient (Wildman–Crippen LogP) is 4.05. The number of anilines is 1. The molecule has 0 spiro atoms. The van der Waals surface area contributed by atoms with Crippen LogP contribution < -0.4 is 16.0 Å². The van der Waals surface area contributed by atoms with E-state index >= 15 is 0 Å². The van der Waals surface area contributed by atoms with Crippen molar-refractivity contribution in [3.8, 4) is 11.4 Å². The Morgan fingerprint density at radius 1 is 0.935 bits per heavy atom. The van der Waals surface area contributed by atoms with Gasteiger partial charge in [-0.1, -0.05) is 18.2 Å². The molecule has 4 N–H and O–H groups in total. The van der Waals surface area contributed by atoms with Crippen LogP contribution in [0.2, 0.25) is 0 Å². The SMILES string of the molecule is Cl.Cl.Cl.Cl.c1ccc(NC(CNC2CCNCC2)c2nc(-c3ccncc3)n[nH]2)cc1. The molecule has 1 fully saturated rings. The Morgan fingerprint density at radius 2 is 1.61 bits per heavy atom. The number of benzene rings is 1. The van der Waals surface area contributed by atoms with Gasteiger partial charge in [-0.25, -0.2) is 4.98 Å². The molecule has 1 aliphatic heterocycles. The number of para-hydroxylation sites is 1. The van der Waals surface area contributed by atoms with Crippen molar-refractivity contribution in [3.63, 3.8) is 0 Å². The van der Waals surface area contributed by atoms with Gasteiger partial charge in [0.25, 0.3) is 0 Å². The fraction of sp³-hybridized carbons (Fsp3) is 0.350. The number of rotatable bonds is 7. The molecule has 172 valence electrons. The highest BCUT2D eigenvalue weighted by molar-refractivity contribution is 5.86. The van der Waals surface area contributed by atoms with Gasteiger partial charge in [0.1, 0.15) is 5.82 Å². The van der Waals surface area contributed by atoms with Crippen molar-refractivity contribution in [3.05, 3.63) is 60.7 Å². The van der Waals surface area contributed by atoms with Crippen LogP contribution >= 0.6 is 49.6 Å². The van der Waals surface area contributed by atoms with Gasteiger partial charge < -0.3 is 16.0 Å². The van der Waals surface area contributed by atoms with Gasteiger partial charge in [-0.2, -0.15) is 5.10 Å². The lowest BCUT2D eigenvalue weighted by atomic mass is 10.1. The number of hydrogen-bond donors (Lipinski definition) is 4. The molecule has 0 amide bonds. The second kappa shape index (κ2) is 15.2. The van der Waals surface area contributed by atoms with Gasteiger partial charge in [0.15, 0.2) is 5.82 Å². The van der Waals surface area contributed by atoms with Crippen LogP contribution in [0.5, 0.6) is 0 Å². The minimum Gasteiger partial charge on any atom is -0.374 e. The maximum atomic E-state index is 4.73. The minimum atomic E-state index is 0. The Morgan fingerprint density at radius 3 is 2.29 bits per heavy atom. The van der Waals surface area contributed by atoms with E-state index in [9.17, 15) is 0 Å². The van der Waals surface area contributed by atoms with Crippen LogP contribution in [0, 0.1) is 0 Å². The van der Waals surface area contributed by atoms with Gasteiger partial charge in [-0.05, 0) is 50.2 Å². The third-order valence-electron chi connectivity index (χ3n) is 4.84. The van der Waals surface area contributed by atoms with E-state index in [1.165, 1.54) is 0 Å². The first-order valence-corrected chi connectivity index (χ1v) is 9.47. The van der Waals surface area contributed by atoms with Gasteiger partial charge in [-0.15, -0.1) is 49.6 Å². The van der Waals surface area contributed by atoms with Gasteiger partial charge in [0.05, 0.1) is 6.04 Å². The predicted molar refractivity (Wildman–Crippen MR) is 135 cm³/mol. The number of aromatic amines is 1. The van der Waals surface area contributed by atoms with Crippen LogP contribution in [0.3, 0.4) is 0 Å². The molecule has 3 heterocycles. The molecule has 31 heavy (non-hydrogen) atoms. The zero-order valence-corrected chi connectivity index (χ0v) is 20.1. The van der Waals surface area contributed by atoms with Crippen molar-refractivity contribution >= 4 is 55.3 Å². The summed E-state index contributed by atoms with van der Waals surface area (Å²) in [5, 5.41) is 18.2. The second-order valence-corrected chi connectivity index (χ2v) is 6.78. The summed E-state index contributed by atoms with van der Waals surface area (Å²) in [6, 6.07) is 14.6. The van der Waals surface area contributed by atoms with Gasteiger partial charge in [0, 0.05) is 36.2 Å². The van der Waals surface area contributed by atoms with E-state index in [4.69, 9.17) is 4.98 Å². The molecule has 1 aromatic carbocycles.